The van der Waals surface area contributed by atoms with E-state index in [1.165, 1.54) is 19.4 Å². The number of aliphatic hydroxyl groups is 1. The predicted octanol–water partition coefficient (Wildman–Crippen LogP) is 0.766. The molecule has 0 amide bonds. The molecule has 1 aliphatic rings. The van der Waals surface area contributed by atoms with E-state index in [0.717, 1.165) is 31.9 Å². The molecule has 122 valence electrons. The summed E-state index contributed by atoms with van der Waals surface area (Å²) in [4.78, 5) is 11.6. The van der Waals surface area contributed by atoms with Gasteiger partial charge in [-0.05, 0) is 56.4 Å². The summed E-state index contributed by atoms with van der Waals surface area (Å²) in [5.41, 5.74) is 0.826. The number of hydrogen-bond donors (Lipinski definition) is 2. The van der Waals surface area contributed by atoms with E-state index in [1.54, 1.807) is 12.1 Å². The van der Waals surface area contributed by atoms with Gasteiger partial charge in [-0.1, -0.05) is 6.07 Å². The van der Waals surface area contributed by atoms with Crippen LogP contribution in [0.1, 0.15) is 31.4 Å². The van der Waals surface area contributed by atoms with Crippen LogP contribution in [0.2, 0.25) is 0 Å². The van der Waals surface area contributed by atoms with Crippen molar-refractivity contribution >= 4 is 16.0 Å². The molecule has 0 saturated heterocycles. The minimum atomic E-state index is -3.84. The highest BCUT2D eigenvalue weighted by atomic mass is 32.2. The first-order valence-electron chi connectivity index (χ1n) is 7.09. The smallest absolute Gasteiger partial charge is 0.336 e. The number of aryl methyl sites for hydroxylation is 2. The topological polar surface area (TPSA) is 92.7 Å². The van der Waals surface area contributed by atoms with Gasteiger partial charge < -0.3 is 9.84 Å². The number of ether oxygens (including phenoxy) is 1. The Kier molecular flexibility index (Phi) is 4.60. The highest BCUT2D eigenvalue weighted by molar-refractivity contribution is 7.89. The molecule has 0 spiro atoms. The number of hydrogen-bond acceptors (Lipinski definition) is 5. The molecule has 0 aromatic heterocycles. The average molecular weight is 327 g/mol. The lowest BCUT2D eigenvalue weighted by molar-refractivity contribution is -0.153. The van der Waals surface area contributed by atoms with Crippen molar-refractivity contribution in [1.29, 1.82) is 0 Å². The number of esters is 1. The van der Waals surface area contributed by atoms with Crippen LogP contribution in [0.5, 0.6) is 0 Å². The van der Waals surface area contributed by atoms with Crippen LogP contribution >= 0.6 is 0 Å². The van der Waals surface area contributed by atoms with Crippen LogP contribution in [0.3, 0.4) is 0 Å². The van der Waals surface area contributed by atoms with Crippen molar-refractivity contribution in [3.8, 4) is 0 Å². The van der Waals surface area contributed by atoms with Gasteiger partial charge in [0.05, 0.1) is 17.5 Å². The van der Waals surface area contributed by atoms with Gasteiger partial charge in [0.15, 0.2) is 6.10 Å². The van der Waals surface area contributed by atoms with E-state index in [4.69, 9.17) is 0 Å². The summed E-state index contributed by atoms with van der Waals surface area (Å²) >= 11 is 0. The molecule has 22 heavy (non-hydrogen) atoms. The average Bonchev–Trinajstić information content (AvgIpc) is 2.91. The molecule has 1 aromatic rings. The third-order valence-corrected chi connectivity index (χ3v) is 5.56. The molecule has 2 rings (SSSR count). The van der Waals surface area contributed by atoms with Crippen LogP contribution in [0.25, 0.3) is 0 Å². The van der Waals surface area contributed by atoms with E-state index in [0.29, 0.717) is 0 Å². The predicted molar refractivity (Wildman–Crippen MR) is 80.9 cm³/mol. The fraction of sp³-hybridized carbons (Fsp3) is 0.533. The normalized spacial score (nSPS) is 16.2. The summed E-state index contributed by atoms with van der Waals surface area (Å²) in [5.74, 6) is -0.887. The lowest BCUT2D eigenvalue weighted by atomic mass is 9.99. The minimum absolute atomic E-state index is 0.137. The SMILES string of the molecule is COC(=O)C(O)C(C)(C)NS(=O)(=O)c1ccc2c(c1)CCC2. The van der Waals surface area contributed by atoms with Crippen molar-refractivity contribution in [3.05, 3.63) is 29.3 Å². The van der Waals surface area contributed by atoms with Gasteiger partial charge in [-0.2, -0.15) is 0 Å². The first-order chi connectivity index (χ1) is 10.2. The van der Waals surface area contributed by atoms with Gasteiger partial charge in [-0.15, -0.1) is 0 Å². The lowest BCUT2D eigenvalue weighted by Gasteiger charge is -2.29. The van der Waals surface area contributed by atoms with Gasteiger partial charge >= 0.3 is 5.97 Å². The fourth-order valence-electron chi connectivity index (χ4n) is 2.58. The first kappa shape index (κ1) is 16.9. The lowest BCUT2D eigenvalue weighted by Crippen LogP contribution is -2.55. The van der Waals surface area contributed by atoms with E-state index in [9.17, 15) is 18.3 Å². The molecule has 1 atom stereocenters. The second-order valence-electron chi connectivity index (χ2n) is 6.04. The van der Waals surface area contributed by atoms with Crippen molar-refractivity contribution in [1.82, 2.24) is 4.72 Å². The van der Waals surface area contributed by atoms with Crippen molar-refractivity contribution in [2.24, 2.45) is 0 Å². The van der Waals surface area contributed by atoms with Gasteiger partial charge in [-0.25, -0.2) is 17.9 Å². The van der Waals surface area contributed by atoms with Gasteiger partial charge in [0.2, 0.25) is 10.0 Å². The summed E-state index contributed by atoms with van der Waals surface area (Å²) in [5, 5.41) is 9.91. The summed E-state index contributed by atoms with van der Waals surface area (Å²) in [6.45, 7) is 2.86. The fourth-order valence-corrected chi connectivity index (χ4v) is 4.05. The Morgan fingerprint density at radius 2 is 1.95 bits per heavy atom. The molecule has 1 aliphatic carbocycles. The summed E-state index contributed by atoms with van der Waals surface area (Å²) in [6, 6.07) is 5.03. The monoisotopic (exact) mass is 327 g/mol. The van der Waals surface area contributed by atoms with Crippen molar-refractivity contribution < 1.29 is 23.1 Å². The quantitative estimate of drug-likeness (QED) is 0.779. The Bertz CT molecular complexity index is 681. The van der Waals surface area contributed by atoms with E-state index in [-0.39, 0.29) is 4.90 Å². The Morgan fingerprint density at radius 1 is 1.32 bits per heavy atom. The molecule has 1 aromatic carbocycles. The first-order valence-corrected chi connectivity index (χ1v) is 8.57. The van der Waals surface area contributed by atoms with Gasteiger partial charge in [0, 0.05) is 0 Å². The number of methoxy groups -OCH3 is 1. The second-order valence-corrected chi connectivity index (χ2v) is 7.72. The number of benzene rings is 1. The standard InChI is InChI=1S/C15H21NO5S/c1-15(2,13(17)14(18)21-3)16-22(19,20)12-8-7-10-5-4-6-11(10)9-12/h7-9,13,16-17H,4-6H2,1-3H3. The van der Waals surface area contributed by atoms with E-state index in [1.807, 2.05) is 6.07 Å². The molecule has 1 unspecified atom stereocenters. The maximum atomic E-state index is 12.5. The molecule has 0 saturated carbocycles. The van der Waals surface area contributed by atoms with E-state index in [2.05, 4.69) is 9.46 Å². The number of carbonyl (C=O) groups excluding carboxylic acids is 1. The Morgan fingerprint density at radius 3 is 2.59 bits per heavy atom. The maximum absolute atomic E-state index is 12.5. The molecule has 0 aliphatic heterocycles. The van der Waals surface area contributed by atoms with Crippen molar-refractivity contribution in [2.75, 3.05) is 7.11 Å². The number of nitrogens with one attached hydrogen (secondary N) is 1. The van der Waals surface area contributed by atoms with E-state index >= 15 is 0 Å². The Labute approximate surface area is 130 Å². The van der Waals surface area contributed by atoms with E-state index < -0.39 is 27.6 Å². The molecule has 0 fully saturated rings. The van der Waals surface area contributed by atoms with Gasteiger partial charge in [0.1, 0.15) is 0 Å². The summed E-state index contributed by atoms with van der Waals surface area (Å²) in [7, 11) is -2.71. The number of carbonyl (C=O) groups is 1. The van der Waals surface area contributed by atoms with Crippen molar-refractivity contribution in [3.63, 3.8) is 0 Å². The zero-order valence-electron chi connectivity index (χ0n) is 12.9. The molecule has 0 radical (unpaired) electrons. The number of fused-ring (bicyclic) bond motifs is 1. The largest absolute Gasteiger partial charge is 0.467 e. The molecule has 7 heteroatoms. The number of sulfonamides is 1. The van der Waals surface area contributed by atoms with Gasteiger partial charge in [0.25, 0.3) is 0 Å². The molecule has 6 nitrogen and oxygen atoms in total. The highest BCUT2D eigenvalue weighted by Crippen LogP contribution is 2.25. The van der Waals surface area contributed by atoms with Crippen LogP contribution in [0.4, 0.5) is 0 Å². The summed E-state index contributed by atoms with van der Waals surface area (Å²) in [6.07, 6.45) is 1.27. The maximum Gasteiger partial charge on any atom is 0.336 e. The number of rotatable bonds is 5. The third-order valence-electron chi connectivity index (χ3n) is 3.89. The third kappa shape index (κ3) is 3.31. The molecule has 0 bridgehead atoms. The zero-order chi connectivity index (χ0) is 16.5. The molecular formula is C15H21NO5S. The van der Waals surface area contributed by atoms with Crippen molar-refractivity contribution in [2.45, 2.75) is 49.6 Å². The molecule has 2 N–H and O–H groups in total. The van der Waals surface area contributed by atoms with Crippen LogP contribution < -0.4 is 4.72 Å². The number of aliphatic hydroxyl groups excluding tert-OH is 1. The Balaban J connectivity index is 2.25. The molecule has 0 heterocycles. The van der Waals surface area contributed by atoms with Crippen LogP contribution in [-0.4, -0.2) is 38.2 Å². The van der Waals surface area contributed by atoms with Crippen LogP contribution in [-0.2, 0) is 32.4 Å². The minimum Gasteiger partial charge on any atom is -0.467 e. The van der Waals surface area contributed by atoms with Gasteiger partial charge in [-0.3, -0.25) is 0 Å². The summed E-state index contributed by atoms with van der Waals surface area (Å²) < 4.78 is 31.8. The van der Waals surface area contributed by atoms with Crippen LogP contribution in [0, 0.1) is 0 Å². The molecular weight excluding hydrogens is 306 g/mol. The van der Waals surface area contributed by atoms with Crippen LogP contribution in [0.15, 0.2) is 23.1 Å². The Hall–Kier alpha value is -1.44. The highest BCUT2D eigenvalue weighted by Gasteiger charge is 2.38. The second kappa shape index (κ2) is 5.98. The zero-order valence-corrected chi connectivity index (χ0v) is 13.7.